The van der Waals surface area contributed by atoms with E-state index in [-0.39, 0.29) is 18.0 Å². The van der Waals surface area contributed by atoms with Gasteiger partial charge in [0.05, 0.1) is 19.8 Å². The van der Waals surface area contributed by atoms with Crippen LogP contribution < -0.4 is 5.32 Å². The molecule has 2 unspecified atom stereocenters. The Hall–Kier alpha value is -1.13. The van der Waals surface area contributed by atoms with Crippen LogP contribution in [-0.2, 0) is 14.3 Å². The van der Waals surface area contributed by atoms with Crippen LogP contribution in [0.2, 0.25) is 0 Å². The molecular formula is C19H27NO3S2. The van der Waals surface area contributed by atoms with E-state index < -0.39 is 0 Å². The van der Waals surface area contributed by atoms with Crippen molar-refractivity contribution in [1.29, 1.82) is 0 Å². The highest BCUT2D eigenvalue weighted by Crippen LogP contribution is 2.45. The van der Waals surface area contributed by atoms with Gasteiger partial charge in [0.2, 0.25) is 5.91 Å². The molecule has 1 aliphatic heterocycles. The Morgan fingerprint density at radius 1 is 1.28 bits per heavy atom. The maximum Gasteiger partial charge on any atom is 0.246 e. The lowest BCUT2D eigenvalue weighted by Crippen LogP contribution is -2.28. The minimum atomic E-state index is -0.171. The monoisotopic (exact) mass is 381 g/mol. The minimum absolute atomic E-state index is 0.0123. The Bertz CT molecular complexity index is 561. The number of nitrogens with one attached hydrogen (secondary N) is 1. The van der Waals surface area contributed by atoms with Crippen molar-refractivity contribution >= 4 is 27.5 Å². The maximum absolute atomic E-state index is 11.6. The number of carbonyl (C=O) groups excluding carboxylic acids is 1. The van der Waals surface area contributed by atoms with Gasteiger partial charge < -0.3 is 14.8 Å². The number of hydrogen-bond acceptors (Lipinski definition) is 5. The molecule has 1 heterocycles. The summed E-state index contributed by atoms with van der Waals surface area (Å²) >= 11 is 0. The van der Waals surface area contributed by atoms with E-state index in [1.165, 1.54) is 0 Å². The van der Waals surface area contributed by atoms with Gasteiger partial charge in [-0.3, -0.25) is 4.79 Å². The summed E-state index contributed by atoms with van der Waals surface area (Å²) in [6.45, 7) is 15.0. The Labute approximate surface area is 159 Å². The number of amides is 1. The average Bonchev–Trinajstić information content (AvgIpc) is 2.58. The number of rotatable bonds is 9. The fraction of sp³-hybridized carbons (Fsp3) is 0.526. The molecule has 0 aromatic rings. The predicted octanol–water partition coefficient (Wildman–Crippen LogP) is 3.57. The maximum atomic E-state index is 11.6. The Morgan fingerprint density at radius 2 is 2.00 bits per heavy atom. The quantitative estimate of drug-likeness (QED) is 0.376. The number of ether oxygens (including phenoxy) is 2. The van der Waals surface area contributed by atoms with Gasteiger partial charge in [0, 0.05) is 11.2 Å². The zero-order valence-corrected chi connectivity index (χ0v) is 16.8. The number of carbonyl (C=O) groups is 1. The van der Waals surface area contributed by atoms with E-state index in [0.717, 1.165) is 11.1 Å². The van der Waals surface area contributed by atoms with Crippen LogP contribution in [0.5, 0.6) is 0 Å². The zero-order chi connectivity index (χ0) is 18.7. The van der Waals surface area contributed by atoms with Crippen LogP contribution in [0.1, 0.15) is 20.8 Å². The smallest absolute Gasteiger partial charge is 0.246 e. The third-order valence-electron chi connectivity index (χ3n) is 3.25. The van der Waals surface area contributed by atoms with Crippen molar-refractivity contribution < 1.29 is 14.3 Å². The summed E-state index contributed by atoms with van der Waals surface area (Å²) in [4.78, 5) is 11.6. The molecule has 0 radical (unpaired) electrons. The molecule has 0 saturated heterocycles. The molecule has 0 spiro atoms. The first-order valence-corrected chi connectivity index (χ1v) is 10.5. The lowest BCUT2D eigenvalue weighted by Gasteiger charge is -2.28. The van der Waals surface area contributed by atoms with Gasteiger partial charge in [-0.05, 0) is 18.1 Å². The molecule has 0 bridgehead atoms. The normalized spacial score (nSPS) is 20.0. The molecule has 0 aliphatic carbocycles. The van der Waals surface area contributed by atoms with Crippen LogP contribution in [-0.4, -0.2) is 43.0 Å². The molecule has 4 nitrogen and oxygen atoms in total. The summed E-state index contributed by atoms with van der Waals surface area (Å²) in [6, 6.07) is 0. The van der Waals surface area contributed by atoms with Crippen LogP contribution >= 0.6 is 21.6 Å². The van der Waals surface area contributed by atoms with Gasteiger partial charge in [0.1, 0.15) is 12.0 Å². The molecule has 0 saturated carbocycles. The van der Waals surface area contributed by atoms with Gasteiger partial charge in [-0.1, -0.05) is 72.6 Å². The molecular weight excluding hydrogens is 354 g/mol. The summed E-state index contributed by atoms with van der Waals surface area (Å²) in [5.74, 6) is 6.01. The second-order valence-corrected chi connectivity index (χ2v) is 8.34. The summed E-state index contributed by atoms with van der Waals surface area (Å²) in [7, 11) is 3.43. The summed E-state index contributed by atoms with van der Waals surface area (Å²) < 4.78 is 11.2. The Morgan fingerprint density at radius 3 is 2.64 bits per heavy atom. The molecule has 0 aromatic carbocycles. The van der Waals surface area contributed by atoms with Crippen molar-refractivity contribution in [2.24, 2.45) is 5.92 Å². The zero-order valence-electron chi connectivity index (χ0n) is 15.2. The number of hydrogen-bond donors (Lipinski definition) is 1. The first-order valence-electron chi connectivity index (χ1n) is 8.25. The van der Waals surface area contributed by atoms with Crippen molar-refractivity contribution in [2.45, 2.75) is 31.5 Å². The summed E-state index contributed by atoms with van der Waals surface area (Å²) in [6.07, 6.45) is 3.70. The van der Waals surface area contributed by atoms with Gasteiger partial charge in [0.15, 0.2) is 0 Å². The molecule has 2 atom stereocenters. The van der Waals surface area contributed by atoms with E-state index in [1.807, 2.05) is 26.0 Å². The van der Waals surface area contributed by atoms with Crippen molar-refractivity contribution in [3.63, 3.8) is 0 Å². The first kappa shape index (κ1) is 21.9. The van der Waals surface area contributed by atoms with E-state index in [4.69, 9.17) is 9.47 Å². The number of allylic oxidation sites excluding steroid dienone is 1. The molecule has 1 rings (SSSR count). The molecule has 138 valence electrons. The van der Waals surface area contributed by atoms with Gasteiger partial charge in [-0.2, -0.15) is 0 Å². The molecule has 6 heteroatoms. The first-order chi connectivity index (χ1) is 12.0. The van der Waals surface area contributed by atoms with Crippen molar-refractivity contribution in [2.75, 3.05) is 26.4 Å². The lowest BCUT2D eigenvalue weighted by atomic mass is 10.1. The molecule has 1 amide bonds. The van der Waals surface area contributed by atoms with E-state index in [2.05, 4.69) is 37.2 Å². The largest absolute Gasteiger partial charge is 0.369 e. The fourth-order valence-electron chi connectivity index (χ4n) is 2.05. The second-order valence-electron chi connectivity index (χ2n) is 5.66. The van der Waals surface area contributed by atoms with Crippen LogP contribution in [0.15, 0.2) is 36.5 Å². The topological polar surface area (TPSA) is 47.6 Å². The fourth-order valence-corrected chi connectivity index (χ4v) is 4.73. The molecule has 1 aliphatic rings. The lowest BCUT2D eigenvalue weighted by molar-refractivity contribution is -0.125. The van der Waals surface area contributed by atoms with E-state index in [9.17, 15) is 4.79 Å². The van der Waals surface area contributed by atoms with Crippen molar-refractivity contribution in [1.82, 2.24) is 5.32 Å². The van der Waals surface area contributed by atoms with E-state index >= 15 is 0 Å². The Kier molecular flexibility index (Phi) is 10.7. The van der Waals surface area contributed by atoms with Crippen LogP contribution in [0.25, 0.3) is 0 Å². The predicted molar refractivity (Wildman–Crippen MR) is 108 cm³/mol. The van der Waals surface area contributed by atoms with Gasteiger partial charge in [-0.15, -0.1) is 0 Å². The third-order valence-corrected chi connectivity index (χ3v) is 6.19. The minimum Gasteiger partial charge on any atom is -0.369 e. The van der Waals surface area contributed by atoms with Crippen molar-refractivity contribution in [3.05, 3.63) is 36.5 Å². The highest BCUT2D eigenvalue weighted by molar-refractivity contribution is 8.77. The molecule has 0 fully saturated rings. The summed E-state index contributed by atoms with van der Waals surface area (Å²) in [5, 5.41) is 3.06. The second kappa shape index (κ2) is 12.3. The van der Waals surface area contributed by atoms with Crippen LogP contribution in [0, 0.1) is 17.8 Å². The third kappa shape index (κ3) is 8.19. The van der Waals surface area contributed by atoms with Gasteiger partial charge >= 0.3 is 0 Å². The van der Waals surface area contributed by atoms with Crippen LogP contribution in [0.3, 0.4) is 0 Å². The van der Waals surface area contributed by atoms with Gasteiger partial charge in [-0.25, -0.2) is 0 Å². The molecule has 1 N–H and O–H groups in total. The highest BCUT2D eigenvalue weighted by Gasteiger charge is 2.26. The Balaban J connectivity index is 2.26. The molecule has 25 heavy (non-hydrogen) atoms. The SMILES string of the molecule is C=CC1=C(C=C)C(OCCOCC(=O)NCC#CC(C)C)SSC1C. The van der Waals surface area contributed by atoms with E-state index in [0.29, 0.717) is 30.9 Å². The average molecular weight is 382 g/mol. The van der Waals surface area contributed by atoms with Crippen LogP contribution in [0.4, 0.5) is 0 Å². The summed E-state index contributed by atoms with van der Waals surface area (Å²) in [5.41, 5.74) is 2.13. The van der Waals surface area contributed by atoms with Crippen molar-refractivity contribution in [3.8, 4) is 11.8 Å². The van der Waals surface area contributed by atoms with Gasteiger partial charge in [0.25, 0.3) is 0 Å². The standard InChI is InChI=1S/C19H27NO3S2/c1-6-16-15(5)24-25-19(17(16)7-2)23-12-11-22-13-18(21)20-10-8-9-14(3)4/h6-7,14-15,19H,1-2,10-13H2,3-5H3,(H,20,21). The highest BCUT2D eigenvalue weighted by atomic mass is 33.1. The molecule has 0 aromatic heterocycles. The van der Waals surface area contributed by atoms with E-state index in [1.54, 1.807) is 21.6 Å².